The number of hydrogen-bond donors (Lipinski definition) is 1. The molecule has 20 heavy (non-hydrogen) atoms. The summed E-state index contributed by atoms with van der Waals surface area (Å²) in [7, 11) is 1.99. The molecule has 0 bridgehead atoms. The summed E-state index contributed by atoms with van der Waals surface area (Å²) in [6.45, 7) is 0.836. The van der Waals surface area contributed by atoms with Crippen LogP contribution in [-0.2, 0) is 17.6 Å². The zero-order valence-electron chi connectivity index (χ0n) is 11.3. The lowest BCUT2D eigenvalue weighted by Gasteiger charge is -2.15. The monoisotopic (exact) mass is 291 g/mol. The maximum atomic E-state index is 10.5. The average Bonchev–Trinajstić information content (AvgIpc) is 2.92. The van der Waals surface area contributed by atoms with Crippen LogP contribution in [0.4, 0.5) is 5.13 Å². The zero-order valence-corrected chi connectivity index (χ0v) is 12.1. The summed E-state index contributed by atoms with van der Waals surface area (Å²) < 4.78 is 0. The SMILES string of the molecule is CN(CCc1ccccn1)c1nc(CCC(=O)O)cs1. The van der Waals surface area contributed by atoms with Crippen molar-refractivity contribution in [1.29, 1.82) is 0 Å². The van der Waals surface area contributed by atoms with Gasteiger partial charge in [-0.05, 0) is 12.1 Å². The molecule has 0 spiro atoms. The molecule has 2 aromatic heterocycles. The molecule has 0 amide bonds. The van der Waals surface area contributed by atoms with Crippen molar-refractivity contribution >= 4 is 22.4 Å². The standard InChI is InChI=1S/C14H17N3O2S/c1-17(9-7-11-4-2-3-8-15-11)14-16-12(10-20-14)5-6-13(18)19/h2-4,8,10H,5-7,9H2,1H3,(H,18,19). The number of likely N-dealkylation sites (N-methyl/N-ethyl adjacent to an activating group) is 1. The van der Waals surface area contributed by atoms with Crippen molar-refractivity contribution in [3.05, 3.63) is 41.2 Å². The number of aromatic nitrogens is 2. The summed E-state index contributed by atoms with van der Waals surface area (Å²) in [5.74, 6) is -0.789. The van der Waals surface area contributed by atoms with Crippen molar-refractivity contribution in [2.75, 3.05) is 18.5 Å². The Balaban J connectivity index is 1.86. The fraction of sp³-hybridized carbons (Fsp3) is 0.357. The van der Waals surface area contributed by atoms with Crippen LogP contribution in [0.15, 0.2) is 29.8 Å². The Morgan fingerprint density at radius 1 is 1.35 bits per heavy atom. The fourth-order valence-electron chi connectivity index (χ4n) is 1.75. The van der Waals surface area contributed by atoms with Gasteiger partial charge in [-0.2, -0.15) is 0 Å². The van der Waals surface area contributed by atoms with Crippen LogP contribution in [0.1, 0.15) is 17.8 Å². The molecule has 0 unspecified atom stereocenters. The van der Waals surface area contributed by atoms with Gasteiger partial charge in [-0.1, -0.05) is 6.07 Å². The minimum absolute atomic E-state index is 0.126. The summed E-state index contributed by atoms with van der Waals surface area (Å²) in [4.78, 5) is 21.3. The first kappa shape index (κ1) is 14.5. The molecule has 0 saturated carbocycles. The van der Waals surface area contributed by atoms with Crippen LogP contribution in [0.25, 0.3) is 0 Å². The first-order valence-electron chi connectivity index (χ1n) is 6.42. The van der Waals surface area contributed by atoms with Gasteiger partial charge in [0, 0.05) is 43.7 Å². The molecule has 6 heteroatoms. The van der Waals surface area contributed by atoms with Gasteiger partial charge in [0.25, 0.3) is 0 Å². The maximum absolute atomic E-state index is 10.5. The molecule has 106 valence electrons. The van der Waals surface area contributed by atoms with E-state index in [-0.39, 0.29) is 6.42 Å². The van der Waals surface area contributed by atoms with Crippen LogP contribution in [0.3, 0.4) is 0 Å². The van der Waals surface area contributed by atoms with E-state index in [0.29, 0.717) is 6.42 Å². The van der Waals surface area contributed by atoms with E-state index in [1.165, 1.54) is 0 Å². The molecule has 5 nitrogen and oxygen atoms in total. The molecule has 0 saturated heterocycles. The Labute approximate surface area is 121 Å². The van der Waals surface area contributed by atoms with Gasteiger partial charge in [-0.25, -0.2) is 4.98 Å². The molecule has 0 radical (unpaired) electrons. The Bertz CT molecular complexity index is 557. The Kier molecular flexibility index (Phi) is 5.06. The molecule has 0 aliphatic carbocycles. The molecule has 2 aromatic rings. The van der Waals surface area contributed by atoms with Crippen LogP contribution in [-0.4, -0.2) is 34.6 Å². The van der Waals surface area contributed by atoms with E-state index in [1.807, 2.05) is 30.6 Å². The number of thiazole rings is 1. The number of nitrogens with zero attached hydrogens (tertiary/aromatic N) is 3. The molecule has 0 aliphatic rings. The van der Waals surface area contributed by atoms with E-state index in [1.54, 1.807) is 17.5 Å². The van der Waals surface area contributed by atoms with Gasteiger partial charge < -0.3 is 10.0 Å². The van der Waals surface area contributed by atoms with Gasteiger partial charge in [-0.15, -0.1) is 11.3 Å². The number of anilines is 1. The average molecular weight is 291 g/mol. The summed E-state index contributed by atoms with van der Waals surface area (Å²) in [5.41, 5.74) is 1.90. The van der Waals surface area contributed by atoms with Gasteiger partial charge in [0.15, 0.2) is 5.13 Å². The summed E-state index contributed by atoms with van der Waals surface area (Å²) in [6, 6.07) is 5.90. The first-order chi connectivity index (χ1) is 9.65. The zero-order chi connectivity index (χ0) is 14.4. The molecule has 1 N–H and O–H groups in total. The van der Waals surface area contributed by atoms with E-state index in [2.05, 4.69) is 14.9 Å². The van der Waals surface area contributed by atoms with Crippen molar-refractivity contribution in [3.63, 3.8) is 0 Å². The highest BCUT2D eigenvalue weighted by Crippen LogP contribution is 2.20. The molecule has 2 rings (SSSR count). The lowest BCUT2D eigenvalue weighted by molar-refractivity contribution is -0.136. The van der Waals surface area contributed by atoms with Crippen LogP contribution in [0, 0.1) is 0 Å². The van der Waals surface area contributed by atoms with Crippen LogP contribution >= 0.6 is 11.3 Å². The Morgan fingerprint density at radius 2 is 2.20 bits per heavy atom. The summed E-state index contributed by atoms with van der Waals surface area (Å²) >= 11 is 1.55. The van der Waals surface area contributed by atoms with Crippen LogP contribution < -0.4 is 4.90 Å². The Hall–Kier alpha value is -1.95. The smallest absolute Gasteiger partial charge is 0.303 e. The molecule has 0 aromatic carbocycles. The van der Waals surface area contributed by atoms with E-state index < -0.39 is 5.97 Å². The third-order valence-corrected chi connectivity index (χ3v) is 3.89. The van der Waals surface area contributed by atoms with Crippen molar-refractivity contribution in [2.45, 2.75) is 19.3 Å². The second-order valence-electron chi connectivity index (χ2n) is 4.51. The first-order valence-corrected chi connectivity index (χ1v) is 7.30. The number of carbonyl (C=O) groups is 1. The van der Waals surface area contributed by atoms with Gasteiger partial charge in [0.05, 0.1) is 12.1 Å². The van der Waals surface area contributed by atoms with Crippen molar-refractivity contribution < 1.29 is 9.90 Å². The van der Waals surface area contributed by atoms with Gasteiger partial charge in [-0.3, -0.25) is 9.78 Å². The molecular formula is C14H17N3O2S. The van der Waals surface area contributed by atoms with Crippen molar-refractivity contribution in [1.82, 2.24) is 9.97 Å². The topological polar surface area (TPSA) is 66.3 Å². The lowest BCUT2D eigenvalue weighted by atomic mass is 10.2. The number of aliphatic carboxylic acids is 1. The molecular weight excluding hydrogens is 274 g/mol. The van der Waals surface area contributed by atoms with Gasteiger partial charge in [0.2, 0.25) is 0 Å². The number of aryl methyl sites for hydroxylation is 1. The van der Waals surface area contributed by atoms with Crippen LogP contribution in [0.2, 0.25) is 0 Å². The fourth-order valence-corrected chi connectivity index (χ4v) is 2.60. The summed E-state index contributed by atoms with van der Waals surface area (Å²) in [5, 5.41) is 11.5. The molecule has 0 aliphatic heterocycles. The highest BCUT2D eigenvalue weighted by Gasteiger charge is 2.08. The number of pyridine rings is 1. The predicted molar refractivity (Wildman–Crippen MR) is 79.3 cm³/mol. The third kappa shape index (κ3) is 4.31. The van der Waals surface area contributed by atoms with E-state index >= 15 is 0 Å². The largest absolute Gasteiger partial charge is 0.481 e. The van der Waals surface area contributed by atoms with Gasteiger partial charge in [0.1, 0.15) is 0 Å². The minimum Gasteiger partial charge on any atom is -0.481 e. The number of carboxylic acids is 1. The maximum Gasteiger partial charge on any atom is 0.303 e. The highest BCUT2D eigenvalue weighted by molar-refractivity contribution is 7.13. The van der Waals surface area contributed by atoms with Crippen LogP contribution in [0.5, 0.6) is 0 Å². The normalized spacial score (nSPS) is 10.4. The number of rotatable bonds is 7. The van der Waals surface area contributed by atoms with Crippen molar-refractivity contribution in [3.8, 4) is 0 Å². The van der Waals surface area contributed by atoms with E-state index in [9.17, 15) is 4.79 Å². The second-order valence-corrected chi connectivity index (χ2v) is 5.34. The lowest BCUT2D eigenvalue weighted by Crippen LogP contribution is -2.20. The molecule has 0 atom stereocenters. The van der Waals surface area contributed by atoms with E-state index in [4.69, 9.17) is 5.11 Å². The quantitative estimate of drug-likeness (QED) is 0.847. The van der Waals surface area contributed by atoms with Crippen molar-refractivity contribution in [2.24, 2.45) is 0 Å². The summed E-state index contributed by atoms with van der Waals surface area (Å²) in [6.07, 6.45) is 3.27. The highest BCUT2D eigenvalue weighted by atomic mass is 32.1. The second kappa shape index (κ2) is 7.00. The number of carboxylic acid groups (broad SMARTS) is 1. The third-order valence-electron chi connectivity index (χ3n) is 2.89. The minimum atomic E-state index is -0.789. The predicted octanol–water partition coefficient (Wildman–Crippen LogP) is 2.23. The molecule has 0 fully saturated rings. The molecule has 2 heterocycles. The van der Waals surface area contributed by atoms with E-state index in [0.717, 1.165) is 29.5 Å². The van der Waals surface area contributed by atoms with Gasteiger partial charge >= 0.3 is 5.97 Å². The Morgan fingerprint density at radius 3 is 2.90 bits per heavy atom. The number of hydrogen-bond acceptors (Lipinski definition) is 5.